The van der Waals surface area contributed by atoms with Crippen molar-refractivity contribution in [1.82, 2.24) is 5.32 Å². The lowest BCUT2D eigenvalue weighted by Gasteiger charge is -2.35. The molecule has 1 aliphatic rings. The van der Waals surface area contributed by atoms with Gasteiger partial charge in [0.15, 0.2) is 0 Å². The molecule has 0 bridgehead atoms. The second-order valence-corrected chi connectivity index (χ2v) is 6.23. The highest BCUT2D eigenvalue weighted by Crippen LogP contribution is 2.27. The number of nitrogens with one attached hydrogen (secondary N) is 1. The van der Waals surface area contributed by atoms with E-state index in [4.69, 9.17) is 9.47 Å². The van der Waals surface area contributed by atoms with Gasteiger partial charge in [-0.15, -0.1) is 0 Å². The van der Waals surface area contributed by atoms with Crippen molar-refractivity contribution in [3.05, 3.63) is 0 Å². The molecule has 0 radical (unpaired) electrons. The molecule has 0 aromatic heterocycles. The summed E-state index contributed by atoms with van der Waals surface area (Å²) in [6, 6.07) is 0.0543. The Bertz CT molecular complexity index is 255. The standard InChI is InChI=1S/C12H23NO3/c1-11(2,3)16-10(14)13-9-6-12(4,5)8-15-7-9/h9H,6-8H2,1-5H3,(H,13,14). The van der Waals surface area contributed by atoms with Crippen molar-refractivity contribution in [3.8, 4) is 0 Å². The van der Waals surface area contributed by atoms with Crippen molar-refractivity contribution in [2.75, 3.05) is 13.2 Å². The summed E-state index contributed by atoms with van der Waals surface area (Å²) in [7, 11) is 0. The van der Waals surface area contributed by atoms with E-state index in [0.29, 0.717) is 6.61 Å². The predicted molar refractivity (Wildman–Crippen MR) is 62.4 cm³/mol. The first-order chi connectivity index (χ1) is 7.18. The highest BCUT2D eigenvalue weighted by molar-refractivity contribution is 5.68. The Morgan fingerprint density at radius 3 is 2.56 bits per heavy atom. The summed E-state index contributed by atoms with van der Waals surface area (Å²) in [4.78, 5) is 11.5. The average molecular weight is 229 g/mol. The van der Waals surface area contributed by atoms with E-state index in [1.165, 1.54) is 0 Å². The quantitative estimate of drug-likeness (QED) is 0.750. The summed E-state index contributed by atoms with van der Waals surface area (Å²) in [6.45, 7) is 11.2. The predicted octanol–water partition coefficient (Wildman–Crippen LogP) is 2.33. The van der Waals surface area contributed by atoms with Gasteiger partial charge in [0.25, 0.3) is 0 Å². The molecular formula is C12H23NO3. The summed E-state index contributed by atoms with van der Waals surface area (Å²) in [5.41, 5.74) is -0.326. The van der Waals surface area contributed by atoms with Crippen molar-refractivity contribution < 1.29 is 14.3 Å². The van der Waals surface area contributed by atoms with Crippen LogP contribution in [-0.2, 0) is 9.47 Å². The maximum atomic E-state index is 11.5. The van der Waals surface area contributed by atoms with Gasteiger partial charge in [-0.3, -0.25) is 0 Å². The van der Waals surface area contributed by atoms with E-state index in [2.05, 4.69) is 19.2 Å². The van der Waals surface area contributed by atoms with Gasteiger partial charge in [0, 0.05) is 0 Å². The molecule has 1 saturated heterocycles. The Hall–Kier alpha value is -0.770. The number of ether oxygens (including phenoxy) is 2. The molecule has 0 aromatic carbocycles. The largest absolute Gasteiger partial charge is 0.444 e. The molecule has 4 heteroatoms. The molecule has 1 N–H and O–H groups in total. The van der Waals surface area contributed by atoms with Crippen LogP contribution >= 0.6 is 0 Å². The molecule has 4 nitrogen and oxygen atoms in total. The summed E-state index contributed by atoms with van der Waals surface area (Å²) in [5, 5.41) is 2.84. The maximum Gasteiger partial charge on any atom is 0.407 e. The first kappa shape index (κ1) is 13.3. The molecule has 1 heterocycles. The number of carbonyl (C=O) groups is 1. The zero-order valence-electron chi connectivity index (χ0n) is 10.9. The van der Waals surface area contributed by atoms with Crippen LogP contribution in [0.4, 0.5) is 4.79 Å². The number of hydrogen-bond acceptors (Lipinski definition) is 3. The smallest absolute Gasteiger partial charge is 0.407 e. The zero-order valence-corrected chi connectivity index (χ0v) is 10.9. The molecule has 1 atom stereocenters. The third-order valence-electron chi connectivity index (χ3n) is 2.33. The summed E-state index contributed by atoms with van der Waals surface area (Å²) < 4.78 is 10.7. The van der Waals surface area contributed by atoms with Crippen LogP contribution in [0.1, 0.15) is 41.0 Å². The molecule has 1 rings (SSSR count). The van der Waals surface area contributed by atoms with Crippen LogP contribution < -0.4 is 5.32 Å². The number of alkyl carbamates (subject to hydrolysis) is 1. The number of amides is 1. The van der Waals surface area contributed by atoms with E-state index < -0.39 is 5.60 Å². The second-order valence-electron chi connectivity index (χ2n) is 6.23. The molecule has 94 valence electrons. The molecular weight excluding hydrogens is 206 g/mol. The Morgan fingerprint density at radius 1 is 1.44 bits per heavy atom. The third-order valence-corrected chi connectivity index (χ3v) is 2.33. The Morgan fingerprint density at radius 2 is 2.06 bits per heavy atom. The van der Waals surface area contributed by atoms with Gasteiger partial charge in [0.05, 0.1) is 19.3 Å². The van der Waals surface area contributed by atoms with Crippen LogP contribution in [-0.4, -0.2) is 30.9 Å². The van der Waals surface area contributed by atoms with Gasteiger partial charge in [0.2, 0.25) is 0 Å². The van der Waals surface area contributed by atoms with Gasteiger partial charge >= 0.3 is 6.09 Å². The van der Waals surface area contributed by atoms with Crippen LogP contribution in [0.5, 0.6) is 0 Å². The van der Waals surface area contributed by atoms with Crippen molar-refractivity contribution >= 4 is 6.09 Å². The van der Waals surface area contributed by atoms with E-state index in [1.54, 1.807) is 0 Å². The van der Waals surface area contributed by atoms with Gasteiger partial charge < -0.3 is 14.8 Å². The monoisotopic (exact) mass is 229 g/mol. The lowest BCUT2D eigenvalue weighted by molar-refractivity contribution is -0.0140. The molecule has 0 aliphatic carbocycles. The van der Waals surface area contributed by atoms with Gasteiger partial charge in [-0.05, 0) is 32.6 Å². The van der Waals surface area contributed by atoms with Gasteiger partial charge in [0.1, 0.15) is 5.60 Å². The topological polar surface area (TPSA) is 47.6 Å². The molecule has 1 aliphatic heterocycles. The zero-order chi connectivity index (χ0) is 12.4. The van der Waals surface area contributed by atoms with Crippen LogP contribution in [0, 0.1) is 5.41 Å². The number of carbonyl (C=O) groups excluding carboxylic acids is 1. The van der Waals surface area contributed by atoms with Gasteiger partial charge in [-0.2, -0.15) is 0 Å². The summed E-state index contributed by atoms with van der Waals surface area (Å²) in [5.74, 6) is 0. The van der Waals surface area contributed by atoms with Crippen molar-refractivity contribution in [2.45, 2.75) is 52.7 Å². The van der Waals surface area contributed by atoms with Crippen LogP contribution in [0.3, 0.4) is 0 Å². The molecule has 16 heavy (non-hydrogen) atoms. The van der Waals surface area contributed by atoms with E-state index in [0.717, 1.165) is 13.0 Å². The first-order valence-corrected chi connectivity index (χ1v) is 5.75. The Kier molecular flexibility index (Phi) is 3.84. The Balaban J connectivity index is 2.40. The fourth-order valence-electron chi connectivity index (χ4n) is 1.83. The van der Waals surface area contributed by atoms with E-state index in [1.807, 2.05) is 20.8 Å². The van der Waals surface area contributed by atoms with Gasteiger partial charge in [-0.25, -0.2) is 4.79 Å². The van der Waals surface area contributed by atoms with E-state index in [-0.39, 0.29) is 17.6 Å². The lowest BCUT2D eigenvalue weighted by atomic mass is 9.85. The fourth-order valence-corrected chi connectivity index (χ4v) is 1.83. The SMILES string of the molecule is CC1(C)COCC(NC(=O)OC(C)(C)C)C1. The van der Waals surface area contributed by atoms with E-state index >= 15 is 0 Å². The maximum absolute atomic E-state index is 11.5. The fraction of sp³-hybridized carbons (Fsp3) is 0.917. The molecule has 0 saturated carbocycles. The second kappa shape index (κ2) is 4.62. The normalized spacial score (nSPS) is 24.9. The van der Waals surface area contributed by atoms with Gasteiger partial charge in [-0.1, -0.05) is 13.8 Å². The van der Waals surface area contributed by atoms with Crippen LogP contribution in [0.15, 0.2) is 0 Å². The number of hydrogen-bond donors (Lipinski definition) is 1. The van der Waals surface area contributed by atoms with Crippen LogP contribution in [0.2, 0.25) is 0 Å². The summed E-state index contributed by atoms with van der Waals surface area (Å²) in [6.07, 6.45) is 0.561. The molecule has 1 amide bonds. The molecule has 0 aromatic rings. The molecule has 1 fully saturated rings. The Labute approximate surface area is 97.7 Å². The highest BCUT2D eigenvalue weighted by atomic mass is 16.6. The van der Waals surface area contributed by atoms with Crippen molar-refractivity contribution in [2.24, 2.45) is 5.41 Å². The summed E-state index contributed by atoms with van der Waals surface area (Å²) >= 11 is 0. The van der Waals surface area contributed by atoms with E-state index in [9.17, 15) is 4.79 Å². The average Bonchev–Trinajstić information content (AvgIpc) is 1.96. The van der Waals surface area contributed by atoms with Crippen LogP contribution in [0.25, 0.3) is 0 Å². The minimum Gasteiger partial charge on any atom is -0.444 e. The highest BCUT2D eigenvalue weighted by Gasteiger charge is 2.30. The van der Waals surface area contributed by atoms with Crippen molar-refractivity contribution in [1.29, 1.82) is 0 Å². The van der Waals surface area contributed by atoms with Crippen molar-refractivity contribution in [3.63, 3.8) is 0 Å². The molecule has 0 spiro atoms. The lowest BCUT2D eigenvalue weighted by Crippen LogP contribution is -2.47. The molecule has 1 unspecified atom stereocenters. The minimum absolute atomic E-state index is 0.0543. The third kappa shape index (κ3) is 4.84. The first-order valence-electron chi connectivity index (χ1n) is 5.75. The minimum atomic E-state index is -0.449. The number of rotatable bonds is 1.